The second kappa shape index (κ2) is 5.99. The maximum Gasteiger partial charge on any atom is 0.270 e. The van der Waals surface area contributed by atoms with Crippen molar-refractivity contribution in [1.82, 2.24) is 4.90 Å². The molecule has 1 aliphatic rings. The van der Waals surface area contributed by atoms with Crippen LogP contribution in [0.1, 0.15) is 22.3 Å². The average molecular weight is 286 g/mol. The SMILES string of the molecule is Cc1cc(C(=O)N2CCC(N)C2)cc([N+](=O)[O-])c1.Cl. The number of halogens is 1. The molecule has 104 valence electrons. The molecule has 1 aromatic rings. The zero-order valence-corrected chi connectivity index (χ0v) is 11.4. The third kappa shape index (κ3) is 3.42. The summed E-state index contributed by atoms with van der Waals surface area (Å²) in [6, 6.07) is 4.44. The van der Waals surface area contributed by atoms with Gasteiger partial charge in [-0.1, -0.05) is 0 Å². The molecule has 1 aliphatic heterocycles. The van der Waals surface area contributed by atoms with Crippen LogP contribution in [0.3, 0.4) is 0 Å². The summed E-state index contributed by atoms with van der Waals surface area (Å²) in [6.45, 7) is 2.86. The van der Waals surface area contributed by atoms with E-state index in [0.717, 1.165) is 6.42 Å². The molecule has 0 aliphatic carbocycles. The Morgan fingerprint density at radius 2 is 2.16 bits per heavy atom. The van der Waals surface area contributed by atoms with E-state index in [4.69, 9.17) is 5.73 Å². The molecular formula is C12H16ClN3O3. The van der Waals surface area contributed by atoms with E-state index in [1.165, 1.54) is 12.1 Å². The number of carbonyl (C=O) groups excluding carboxylic acids is 1. The Hall–Kier alpha value is -1.66. The number of aryl methyl sites for hydroxylation is 1. The quantitative estimate of drug-likeness (QED) is 0.658. The number of amides is 1. The van der Waals surface area contributed by atoms with Gasteiger partial charge in [0.15, 0.2) is 0 Å². The summed E-state index contributed by atoms with van der Waals surface area (Å²) in [5.74, 6) is -0.185. The number of rotatable bonds is 2. The molecule has 2 N–H and O–H groups in total. The maximum atomic E-state index is 12.2. The molecular weight excluding hydrogens is 270 g/mol. The lowest BCUT2D eigenvalue weighted by molar-refractivity contribution is -0.384. The molecule has 1 atom stereocenters. The van der Waals surface area contributed by atoms with E-state index < -0.39 is 4.92 Å². The molecule has 0 spiro atoms. The lowest BCUT2D eigenvalue weighted by Crippen LogP contribution is -2.31. The second-order valence-electron chi connectivity index (χ2n) is 4.61. The molecule has 1 aromatic carbocycles. The van der Waals surface area contributed by atoms with Crippen molar-refractivity contribution in [3.8, 4) is 0 Å². The van der Waals surface area contributed by atoms with Crippen LogP contribution in [0.15, 0.2) is 18.2 Å². The number of nitrogens with zero attached hydrogens (tertiary/aromatic N) is 2. The van der Waals surface area contributed by atoms with Gasteiger partial charge in [0.2, 0.25) is 0 Å². The van der Waals surface area contributed by atoms with Crippen molar-refractivity contribution in [3.63, 3.8) is 0 Å². The Morgan fingerprint density at radius 3 is 2.68 bits per heavy atom. The molecule has 1 unspecified atom stereocenters. The summed E-state index contributed by atoms with van der Waals surface area (Å²) < 4.78 is 0. The van der Waals surface area contributed by atoms with Crippen molar-refractivity contribution in [1.29, 1.82) is 0 Å². The summed E-state index contributed by atoms with van der Waals surface area (Å²) in [5, 5.41) is 10.8. The number of hydrogen-bond acceptors (Lipinski definition) is 4. The van der Waals surface area contributed by atoms with Crippen molar-refractivity contribution < 1.29 is 9.72 Å². The summed E-state index contributed by atoms with van der Waals surface area (Å²) in [4.78, 5) is 24.1. The molecule has 1 saturated heterocycles. The van der Waals surface area contributed by atoms with Crippen LogP contribution < -0.4 is 5.73 Å². The van der Waals surface area contributed by atoms with Gasteiger partial charge in [-0.25, -0.2) is 0 Å². The van der Waals surface area contributed by atoms with Gasteiger partial charge in [-0.05, 0) is 25.0 Å². The first-order valence-electron chi connectivity index (χ1n) is 5.78. The summed E-state index contributed by atoms with van der Waals surface area (Å²) in [6.07, 6.45) is 0.777. The highest BCUT2D eigenvalue weighted by Crippen LogP contribution is 2.19. The Bertz CT molecular complexity index is 507. The van der Waals surface area contributed by atoms with Crippen LogP contribution in [0.5, 0.6) is 0 Å². The van der Waals surface area contributed by atoms with E-state index >= 15 is 0 Å². The van der Waals surface area contributed by atoms with Gasteiger partial charge in [0.05, 0.1) is 4.92 Å². The molecule has 0 radical (unpaired) electrons. The number of carbonyl (C=O) groups is 1. The van der Waals surface area contributed by atoms with Gasteiger partial charge in [-0.3, -0.25) is 14.9 Å². The fourth-order valence-electron chi connectivity index (χ4n) is 2.15. The number of non-ortho nitro benzene ring substituents is 1. The number of nitro benzene ring substituents is 1. The molecule has 6 nitrogen and oxygen atoms in total. The Balaban J connectivity index is 0.00000180. The predicted octanol–water partition coefficient (Wildman–Crippen LogP) is 1.50. The minimum atomic E-state index is -0.487. The Labute approximate surface area is 117 Å². The summed E-state index contributed by atoms with van der Waals surface area (Å²) in [7, 11) is 0. The van der Waals surface area contributed by atoms with Gasteiger partial charge in [0, 0.05) is 36.8 Å². The zero-order chi connectivity index (χ0) is 13.3. The summed E-state index contributed by atoms with van der Waals surface area (Å²) in [5.41, 5.74) is 6.75. The van der Waals surface area contributed by atoms with Crippen molar-refractivity contribution >= 4 is 24.0 Å². The first-order valence-corrected chi connectivity index (χ1v) is 5.78. The van der Waals surface area contributed by atoms with Crippen molar-refractivity contribution in [2.45, 2.75) is 19.4 Å². The van der Waals surface area contributed by atoms with Gasteiger partial charge in [0.25, 0.3) is 11.6 Å². The highest BCUT2D eigenvalue weighted by atomic mass is 35.5. The molecule has 1 fully saturated rings. The van der Waals surface area contributed by atoms with Crippen LogP contribution in [-0.4, -0.2) is 34.9 Å². The molecule has 19 heavy (non-hydrogen) atoms. The highest BCUT2D eigenvalue weighted by Gasteiger charge is 2.25. The predicted molar refractivity (Wildman–Crippen MR) is 73.6 cm³/mol. The lowest BCUT2D eigenvalue weighted by atomic mass is 10.1. The molecule has 7 heteroatoms. The highest BCUT2D eigenvalue weighted by molar-refractivity contribution is 5.95. The molecule has 1 heterocycles. The molecule has 0 saturated carbocycles. The molecule has 2 rings (SSSR count). The average Bonchev–Trinajstić information content (AvgIpc) is 2.74. The van der Waals surface area contributed by atoms with E-state index in [1.807, 2.05) is 0 Å². The number of benzene rings is 1. The van der Waals surface area contributed by atoms with Gasteiger partial charge >= 0.3 is 0 Å². The molecule has 1 amide bonds. The normalized spacial score (nSPS) is 18.0. The lowest BCUT2D eigenvalue weighted by Gasteiger charge is -2.15. The van der Waals surface area contributed by atoms with Gasteiger partial charge in [-0.2, -0.15) is 0 Å². The van der Waals surface area contributed by atoms with Crippen LogP contribution in [-0.2, 0) is 0 Å². The molecule has 0 bridgehead atoms. The van der Waals surface area contributed by atoms with Crippen LogP contribution in [0.4, 0.5) is 5.69 Å². The Kier molecular flexibility index (Phi) is 4.85. The summed E-state index contributed by atoms with van der Waals surface area (Å²) >= 11 is 0. The van der Waals surface area contributed by atoms with E-state index in [-0.39, 0.29) is 30.0 Å². The standard InChI is InChI=1S/C12H15N3O3.ClH/c1-8-4-9(6-11(5-8)15(17)18)12(16)14-3-2-10(13)7-14;/h4-6,10H,2-3,7,13H2,1H3;1H. The van der Waals surface area contributed by atoms with Crippen LogP contribution >= 0.6 is 12.4 Å². The number of nitrogens with two attached hydrogens (primary N) is 1. The topological polar surface area (TPSA) is 89.5 Å². The van der Waals surface area contributed by atoms with Gasteiger partial charge in [0.1, 0.15) is 0 Å². The van der Waals surface area contributed by atoms with Crippen molar-refractivity contribution in [2.75, 3.05) is 13.1 Å². The monoisotopic (exact) mass is 285 g/mol. The van der Waals surface area contributed by atoms with E-state index in [2.05, 4.69) is 0 Å². The molecule has 0 aromatic heterocycles. The number of likely N-dealkylation sites (tertiary alicyclic amines) is 1. The van der Waals surface area contributed by atoms with E-state index in [9.17, 15) is 14.9 Å². The van der Waals surface area contributed by atoms with E-state index in [0.29, 0.717) is 24.2 Å². The maximum absolute atomic E-state index is 12.2. The van der Waals surface area contributed by atoms with Crippen LogP contribution in [0.2, 0.25) is 0 Å². The van der Waals surface area contributed by atoms with Crippen molar-refractivity contribution in [2.24, 2.45) is 5.73 Å². The fourth-order valence-corrected chi connectivity index (χ4v) is 2.15. The van der Waals surface area contributed by atoms with Crippen LogP contribution in [0.25, 0.3) is 0 Å². The largest absolute Gasteiger partial charge is 0.337 e. The third-order valence-corrected chi connectivity index (χ3v) is 3.03. The van der Waals surface area contributed by atoms with Gasteiger partial charge in [-0.15, -0.1) is 12.4 Å². The first kappa shape index (κ1) is 15.4. The van der Waals surface area contributed by atoms with Crippen LogP contribution in [0, 0.1) is 17.0 Å². The minimum absolute atomic E-state index is 0. The number of hydrogen-bond donors (Lipinski definition) is 1. The second-order valence-corrected chi connectivity index (χ2v) is 4.61. The first-order chi connectivity index (χ1) is 8.47. The smallest absolute Gasteiger partial charge is 0.270 e. The van der Waals surface area contributed by atoms with E-state index in [1.54, 1.807) is 17.9 Å². The fraction of sp³-hybridized carbons (Fsp3) is 0.417. The van der Waals surface area contributed by atoms with Crippen molar-refractivity contribution in [3.05, 3.63) is 39.4 Å². The Morgan fingerprint density at radius 1 is 1.47 bits per heavy atom. The minimum Gasteiger partial charge on any atom is -0.337 e. The number of nitro groups is 1. The van der Waals surface area contributed by atoms with Gasteiger partial charge < -0.3 is 10.6 Å². The zero-order valence-electron chi connectivity index (χ0n) is 10.5. The third-order valence-electron chi connectivity index (χ3n) is 3.03.